The molecule has 0 saturated carbocycles. The second-order valence-electron chi connectivity index (χ2n) is 23.4. The Labute approximate surface area is 554 Å². The van der Waals surface area contributed by atoms with Crippen LogP contribution in [0.25, 0.3) is 10.8 Å². The lowest BCUT2D eigenvalue weighted by Gasteiger charge is -2.31. The summed E-state index contributed by atoms with van der Waals surface area (Å²) in [6, 6.07) is 16.6. The fourth-order valence-electron chi connectivity index (χ4n) is 10.3. The fourth-order valence-corrected chi connectivity index (χ4v) is 10.5. The molecule has 10 amide bonds. The zero-order valence-corrected chi connectivity index (χ0v) is 54.3. The summed E-state index contributed by atoms with van der Waals surface area (Å²) in [4.78, 5) is 158. The molecule has 9 atom stereocenters. The van der Waals surface area contributed by atoms with Crippen molar-refractivity contribution in [3.8, 4) is 5.75 Å². The van der Waals surface area contributed by atoms with Crippen LogP contribution in [0, 0.1) is 5.92 Å². The van der Waals surface area contributed by atoms with E-state index in [1.54, 1.807) is 50.2 Å². The molecule has 1 aliphatic rings. The second-order valence-corrected chi connectivity index (χ2v) is 23.8. The van der Waals surface area contributed by atoms with E-state index < -0.39 is 126 Å². The third-order valence-electron chi connectivity index (χ3n) is 15.1. The van der Waals surface area contributed by atoms with Crippen molar-refractivity contribution in [2.24, 2.45) is 28.1 Å². The highest BCUT2D eigenvalue weighted by Crippen LogP contribution is 2.22. The van der Waals surface area contributed by atoms with Gasteiger partial charge in [0.1, 0.15) is 60.1 Å². The third-order valence-corrected chi connectivity index (χ3v) is 15.3. The van der Waals surface area contributed by atoms with Crippen molar-refractivity contribution in [2.45, 2.75) is 147 Å². The van der Waals surface area contributed by atoms with Crippen LogP contribution in [0.15, 0.2) is 121 Å². The molecule has 0 unspecified atom stereocenters. The second kappa shape index (κ2) is 37.5. The zero-order chi connectivity index (χ0) is 69.9. The highest BCUT2D eigenvalue weighted by Gasteiger charge is 2.40. The number of phenolic OH excluding ortho intramolecular Hbond substituents is 1. The zero-order valence-electron chi connectivity index (χ0n) is 53.5. The Hall–Kier alpha value is -10.2. The predicted molar refractivity (Wildman–Crippen MR) is 353 cm³/mol. The number of nitrogens with two attached hydrogens (primary N) is 3. The molecule has 1 saturated heterocycles. The lowest BCUT2D eigenvalue weighted by Crippen LogP contribution is -2.61. The molecular formula is C66H85ClN14O14. The van der Waals surface area contributed by atoms with E-state index in [1.807, 2.05) is 42.5 Å². The van der Waals surface area contributed by atoms with Crippen molar-refractivity contribution in [2.75, 3.05) is 19.7 Å². The number of aliphatic imine (C=N–C) groups is 1. The minimum Gasteiger partial charge on any atom is -0.508 e. The lowest BCUT2D eigenvalue weighted by molar-refractivity contribution is -0.142. The Morgan fingerprint density at radius 1 is 0.600 bits per heavy atom. The number of carboxylic acid groups (broad SMARTS) is 1. The number of aliphatic carboxylic acids is 1. The number of hydrogen-bond acceptors (Lipinski definition) is 15. The van der Waals surface area contributed by atoms with Crippen molar-refractivity contribution < 1.29 is 68.1 Å². The molecule has 0 radical (unpaired) electrons. The first kappa shape index (κ1) is 75.5. The molecular weight excluding hydrogens is 1250 g/mol. The van der Waals surface area contributed by atoms with Gasteiger partial charge >= 0.3 is 0 Å². The summed E-state index contributed by atoms with van der Waals surface area (Å²) in [5, 5.41) is 51.9. The van der Waals surface area contributed by atoms with Gasteiger partial charge in [-0.1, -0.05) is 98.2 Å². The number of pyridine rings is 1. The lowest BCUT2D eigenvalue weighted by atomic mass is 9.99. The molecule has 1 aliphatic heterocycles. The van der Waals surface area contributed by atoms with Crippen LogP contribution in [-0.4, -0.2) is 170 Å². The average molecular weight is 1330 g/mol. The maximum absolute atomic E-state index is 14.7. The van der Waals surface area contributed by atoms with E-state index >= 15 is 0 Å². The van der Waals surface area contributed by atoms with E-state index in [4.69, 9.17) is 38.7 Å². The number of aliphatic hydroxyl groups excluding tert-OH is 1. The molecule has 1 aromatic heterocycles. The first-order valence-electron chi connectivity index (χ1n) is 30.8. The average Bonchev–Trinajstić information content (AvgIpc) is 1.82. The highest BCUT2D eigenvalue weighted by molar-refractivity contribution is 6.30. The van der Waals surface area contributed by atoms with Gasteiger partial charge in [0.25, 0.3) is 5.97 Å². The molecule has 2 heterocycles. The number of amides is 10. The summed E-state index contributed by atoms with van der Waals surface area (Å²) in [5.41, 5.74) is 18.6. The fraction of sp³-hybridized carbons (Fsp3) is 0.409. The van der Waals surface area contributed by atoms with Gasteiger partial charge in [0.05, 0.1) is 6.61 Å². The van der Waals surface area contributed by atoms with Crippen molar-refractivity contribution >= 4 is 93.4 Å². The van der Waals surface area contributed by atoms with Gasteiger partial charge in [0, 0.05) is 70.0 Å². The largest absolute Gasteiger partial charge is 0.508 e. The molecule has 95 heavy (non-hydrogen) atoms. The Morgan fingerprint density at radius 2 is 1.08 bits per heavy atom. The molecule has 17 N–H and O–H groups in total. The number of aromatic nitrogens is 1. The van der Waals surface area contributed by atoms with E-state index in [1.165, 1.54) is 55.4 Å². The van der Waals surface area contributed by atoms with Crippen molar-refractivity contribution in [3.63, 3.8) is 0 Å². The molecule has 28 nitrogen and oxygen atoms in total. The van der Waals surface area contributed by atoms with Gasteiger partial charge in [0.15, 0.2) is 5.96 Å². The summed E-state index contributed by atoms with van der Waals surface area (Å²) in [5.74, 6) is -9.26. The SMILES string of the molecule is CC(=O)N[C@H](Cc1ccc2ccccc2c1)C(=O)N[C@H](Cc1ccc(Cl)cc1)C(=O)N[C@H](Cc1cccnc1)C(=O)N[C@@H](CO)C(=O)N[C@@H](Cc1ccc(O)cc1)C(=O)N[C@@H](CC(C)C)C(=O)N[C@@H](CCCN=C(N)N)C(=O)N1CCC[C@H]1C(=O)N[C@H](C)C(N)=O.CC(=O)O. The monoisotopic (exact) mass is 1330 g/mol. The Kier molecular flexibility index (Phi) is 29.8. The minimum absolute atomic E-state index is 0.0108. The summed E-state index contributed by atoms with van der Waals surface area (Å²) in [6.07, 6.45) is 3.27. The van der Waals surface area contributed by atoms with E-state index in [9.17, 15) is 58.2 Å². The summed E-state index contributed by atoms with van der Waals surface area (Å²) in [6.45, 7) is 6.50. The van der Waals surface area contributed by atoms with E-state index in [-0.39, 0.29) is 82.1 Å². The molecule has 29 heteroatoms. The van der Waals surface area contributed by atoms with Gasteiger partial charge in [-0.3, -0.25) is 62.7 Å². The molecule has 4 aromatic carbocycles. The molecule has 0 aliphatic carbocycles. The van der Waals surface area contributed by atoms with Crippen LogP contribution in [0.5, 0.6) is 5.75 Å². The number of aliphatic hydroxyl groups is 1. The topological polar surface area (TPSA) is 451 Å². The first-order valence-corrected chi connectivity index (χ1v) is 31.2. The van der Waals surface area contributed by atoms with Gasteiger partial charge in [-0.25, -0.2) is 0 Å². The number of halogens is 1. The van der Waals surface area contributed by atoms with Crippen LogP contribution < -0.4 is 59.7 Å². The molecule has 5 aromatic rings. The van der Waals surface area contributed by atoms with Crippen LogP contribution in [0.4, 0.5) is 0 Å². The van der Waals surface area contributed by atoms with Crippen LogP contribution in [-0.2, 0) is 78.4 Å². The van der Waals surface area contributed by atoms with Crippen molar-refractivity contribution in [3.05, 3.63) is 143 Å². The highest BCUT2D eigenvalue weighted by atomic mass is 35.5. The first-order chi connectivity index (χ1) is 45.1. The Balaban J connectivity index is 0.00000397. The maximum Gasteiger partial charge on any atom is 0.300 e. The van der Waals surface area contributed by atoms with Gasteiger partial charge in [-0.15, -0.1) is 0 Å². The smallest absolute Gasteiger partial charge is 0.300 e. The van der Waals surface area contributed by atoms with E-state index in [0.717, 1.165) is 23.3 Å². The number of hydrogen-bond donors (Lipinski definition) is 14. The number of carboxylic acids is 1. The predicted octanol–water partition coefficient (Wildman–Crippen LogP) is 0.442. The van der Waals surface area contributed by atoms with Gasteiger partial charge < -0.3 is 80.0 Å². The number of phenols is 1. The number of carbonyl (C=O) groups is 11. The van der Waals surface area contributed by atoms with Crippen LogP contribution in [0.1, 0.15) is 89.0 Å². The van der Waals surface area contributed by atoms with E-state index in [2.05, 4.69) is 52.5 Å². The van der Waals surface area contributed by atoms with Gasteiger partial charge in [-0.05, 0) is 108 Å². The van der Waals surface area contributed by atoms with Gasteiger partial charge in [0.2, 0.25) is 59.1 Å². The molecule has 6 rings (SSSR count). The summed E-state index contributed by atoms with van der Waals surface area (Å²) >= 11 is 6.21. The third kappa shape index (κ3) is 25.3. The number of likely N-dealkylation sites (tertiary alicyclic amines) is 1. The van der Waals surface area contributed by atoms with Crippen LogP contribution in [0.2, 0.25) is 5.02 Å². The standard InChI is InChI=1S/C64H81ClN14O12.C2H4O2/c1-36(2)28-48(56(84)73-47(13-8-26-70-64(67)68)63(91)79-27-9-14-54(79)62(90)71-37(3)55(66)83)74-58(86)51(31-40-18-23-46(82)24-19-40)77-61(89)53(35-80)78-60(88)52(33-42-10-7-25-69-34-42)76-59(87)50(30-39-16-21-45(65)22-17-39)75-57(85)49(72-38(4)81)32-41-15-20-43-11-5-6-12-44(43)29-41;1-2(3)4/h5-7,10-12,15-25,29,34,36-37,47-54,80,82H,8-9,13-14,26-28,30-33,35H2,1-4H3,(H2,66,83)(H,71,90)(H,72,81)(H,73,84)(H,74,86)(H,75,85)(H,76,87)(H,77,89)(H,78,88)(H4,67,68,70);1H3,(H,3,4)/t37-,47+,48+,49-,50-,51+,52-,53+,54+;/m1./s1. The minimum atomic E-state index is -1.79. The molecule has 0 spiro atoms. The summed E-state index contributed by atoms with van der Waals surface area (Å²) in [7, 11) is 0. The van der Waals surface area contributed by atoms with Crippen LogP contribution in [0.3, 0.4) is 0 Å². The number of primary amides is 1. The number of benzene rings is 4. The number of guanidine groups is 1. The Bertz CT molecular complexity index is 3500. The van der Waals surface area contributed by atoms with Crippen molar-refractivity contribution in [1.29, 1.82) is 0 Å². The Morgan fingerprint density at radius 3 is 1.61 bits per heavy atom. The van der Waals surface area contributed by atoms with Gasteiger partial charge in [-0.2, -0.15) is 0 Å². The molecule has 510 valence electrons. The number of aromatic hydroxyl groups is 1. The normalized spacial score (nSPS) is 15.0. The summed E-state index contributed by atoms with van der Waals surface area (Å²) < 4.78 is 0. The number of nitrogens with zero attached hydrogens (tertiary/aromatic N) is 3. The number of rotatable bonds is 32. The van der Waals surface area contributed by atoms with Crippen molar-refractivity contribution in [1.82, 2.24) is 52.4 Å². The number of fused-ring (bicyclic) bond motifs is 1. The quantitative estimate of drug-likeness (QED) is 0.0158. The maximum atomic E-state index is 14.7. The molecule has 1 fully saturated rings. The van der Waals surface area contributed by atoms with Crippen LogP contribution >= 0.6 is 11.6 Å². The number of carbonyl (C=O) groups excluding carboxylic acids is 10. The van der Waals surface area contributed by atoms with E-state index in [0.29, 0.717) is 28.1 Å². The molecule has 0 bridgehead atoms. The number of nitrogens with one attached hydrogen (secondary N) is 8.